The topological polar surface area (TPSA) is 64.2 Å². The van der Waals surface area contributed by atoms with Gasteiger partial charge in [0, 0.05) is 12.7 Å². The van der Waals surface area contributed by atoms with Crippen molar-refractivity contribution in [3.05, 3.63) is 42.8 Å². The van der Waals surface area contributed by atoms with Crippen LogP contribution in [0, 0.1) is 3.57 Å². The first-order chi connectivity index (χ1) is 9.56. The number of hydrogen-bond donors (Lipinski definition) is 1. The van der Waals surface area contributed by atoms with Crippen LogP contribution in [0.4, 0.5) is 0 Å². The molecule has 0 unspecified atom stereocenters. The van der Waals surface area contributed by atoms with Gasteiger partial charge in [0.2, 0.25) is 0 Å². The molecule has 1 heterocycles. The number of hydrogen-bond acceptors (Lipinski definition) is 4. The van der Waals surface area contributed by atoms with Gasteiger partial charge in [0.25, 0.3) is 5.56 Å². The zero-order chi connectivity index (χ0) is 14.7. The minimum atomic E-state index is -0.199. The van der Waals surface area contributed by atoms with Crippen molar-refractivity contribution in [2.24, 2.45) is 0 Å². The number of rotatable bonds is 4. The fourth-order valence-corrected chi connectivity index (χ4v) is 2.36. The maximum absolute atomic E-state index is 11.9. The molecule has 0 amide bonds. The second-order valence-electron chi connectivity index (χ2n) is 3.96. The highest BCUT2D eigenvalue weighted by molar-refractivity contribution is 14.1. The predicted octanol–water partition coefficient (Wildman–Crippen LogP) is 2.85. The van der Waals surface area contributed by atoms with Crippen LogP contribution in [-0.2, 0) is 11.3 Å². The molecule has 20 heavy (non-hydrogen) atoms. The molecule has 2 rings (SSSR count). The molecule has 1 N–H and O–H groups in total. The Bertz CT molecular complexity index is 688. The Morgan fingerprint density at radius 3 is 2.75 bits per heavy atom. The molecule has 0 saturated carbocycles. The first kappa shape index (κ1) is 15.3. The number of methoxy groups -OCH3 is 2. The van der Waals surface area contributed by atoms with Crippen LogP contribution in [0.5, 0.6) is 5.75 Å². The molecule has 0 atom stereocenters. The number of ether oxygens (including phenoxy) is 2. The van der Waals surface area contributed by atoms with E-state index in [-0.39, 0.29) is 12.2 Å². The molecule has 0 saturated heterocycles. The van der Waals surface area contributed by atoms with Crippen molar-refractivity contribution in [3.63, 3.8) is 0 Å². The zero-order valence-electron chi connectivity index (χ0n) is 10.9. The number of nitrogens with one attached hydrogen (secondary N) is 1. The second-order valence-corrected chi connectivity index (χ2v) is 5.44. The summed E-state index contributed by atoms with van der Waals surface area (Å²) in [5, 5.41) is 0.458. The molecular weight excluding hydrogens is 395 g/mol. The maximum atomic E-state index is 11.9. The Morgan fingerprint density at radius 2 is 2.15 bits per heavy atom. The third kappa shape index (κ3) is 3.13. The zero-order valence-corrected chi connectivity index (χ0v) is 13.8. The maximum Gasteiger partial charge on any atom is 0.264 e. The molecule has 0 radical (unpaired) electrons. The highest BCUT2D eigenvalue weighted by atomic mass is 127. The summed E-state index contributed by atoms with van der Waals surface area (Å²) in [5.41, 5.74) is 1.11. The average molecular weight is 407 g/mol. The van der Waals surface area contributed by atoms with Crippen LogP contribution in [0.1, 0.15) is 5.69 Å². The number of nitrogens with zero attached hydrogens (tertiary/aromatic N) is 1. The van der Waals surface area contributed by atoms with Crippen LogP contribution in [0.3, 0.4) is 0 Å². The lowest BCUT2D eigenvalue weighted by Crippen LogP contribution is -2.16. The Kier molecular flexibility index (Phi) is 5.00. The van der Waals surface area contributed by atoms with Gasteiger partial charge >= 0.3 is 0 Å². The number of H-pyrrole nitrogens is 1. The van der Waals surface area contributed by atoms with Gasteiger partial charge in [-0.05, 0) is 40.8 Å². The van der Waals surface area contributed by atoms with Gasteiger partial charge < -0.3 is 14.5 Å². The van der Waals surface area contributed by atoms with Gasteiger partial charge in [-0.15, -0.1) is 0 Å². The first-order valence-corrected chi connectivity index (χ1v) is 7.14. The summed E-state index contributed by atoms with van der Waals surface area (Å²) in [7, 11) is 3.10. The van der Waals surface area contributed by atoms with Crippen molar-refractivity contribution < 1.29 is 9.47 Å². The molecule has 0 bridgehead atoms. The first-order valence-electron chi connectivity index (χ1n) is 5.68. The van der Waals surface area contributed by atoms with Gasteiger partial charge in [0.15, 0.2) is 0 Å². The van der Waals surface area contributed by atoms with Crippen LogP contribution in [0.25, 0.3) is 11.4 Å². The summed E-state index contributed by atoms with van der Waals surface area (Å²) in [6.07, 6.45) is 0. The van der Waals surface area contributed by atoms with Gasteiger partial charge in [-0.1, -0.05) is 11.6 Å². The quantitative estimate of drug-likeness (QED) is 0.793. The van der Waals surface area contributed by atoms with E-state index >= 15 is 0 Å². The van der Waals surface area contributed by atoms with E-state index < -0.39 is 0 Å². The largest absolute Gasteiger partial charge is 0.495 e. The third-order valence-electron chi connectivity index (χ3n) is 2.64. The molecule has 2 aromatic rings. The number of halogens is 2. The normalized spacial score (nSPS) is 10.6. The number of aromatic amines is 1. The highest BCUT2D eigenvalue weighted by Crippen LogP contribution is 2.28. The van der Waals surface area contributed by atoms with E-state index in [4.69, 9.17) is 21.1 Å². The van der Waals surface area contributed by atoms with E-state index in [1.54, 1.807) is 32.4 Å². The standard InChI is InChI=1S/C13H12ClIN2O3/c1-19-6-9-11(15)13(18)17-12(16-9)7-3-4-10(20-2)8(14)5-7/h3-5H,6H2,1-2H3,(H,16,17,18). The van der Waals surface area contributed by atoms with E-state index in [0.717, 1.165) is 0 Å². The van der Waals surface area contributed by atoms with E-state index in [2.05, 4.69) is 9.97 Å². The van der Waals surface area contributed by atoms with Crippen molar-refractivity contribution in [1.29, 1.82) is 0 Å². The molecule has 106 valence electrons. The lowest BCUT2D eigenvalue weighted by Gasteiger charge is -2.08. The fourth-order valence-electron chi connectivity index (χ4n) is 1.69. The van der Waals surface area contributed by atoms with Crippen molar-refractivity contribution in [3.8, 4) is 17.1 Å². The van der Waals surface area contributed by atoms with Crippen molar-refractivity contribution in [2.75, 3.05) is 14.2 Å². The van der Waals surface area contributed by atoms with Crippen LogP contribution >= 0.6 is 34.2 Å². The fraction of sp³-hybridized carbons (Fsp3) is 0.231. The lowest BCUT2D eigenvalue weighted by molar-refractivity contribution is 0.180. The smallest absolute Gasteiger partial charge is 0.264 e. The lowest BCUT2D eigenvalue weighted by atomic mass is 10.2. The summed E-state index contributed by atoms with van der Waals surface area (Å²) in [5.74, 6) is 1.02. The van der Waals surface area contributed by atoms with Gasteiger partial charge in [0.1, 0.15) is 15.1 Å². The summed E-state index contributed by atoms with van der Waals surface area (Å²) in [6.45, 7) is 0.277. The van der Waals surface area contributed by atoms with E-state index in [1.165, 1.54) is 0 Å². The Morgan fingerprint density at radius 1 is 1.40 bits per heavy atom. The van der Waals surface area contributed by atoms with Gasteiger partial charge in [0.05, 0.1) is 24.4 Å². The highest BCUT2D eigenvalue weighted by Gasteiger charge is 2.11. The van der Waals surface area contributed by atoms with Gasteiger partial charge in [-0.25, -0.2) is 4.98 Å². The van der Waals surface area contributed by atoms with Crippen molar-refractivity contribution >= 4 is 34.2 Å². The predicted molar refractivity (Wildman–Crippen MR) is 85.3 cm³/mol. The molecule has 0 spiro atoms. The minimum absolute atomic E-state index is 0.199. The Balaban J connectivity index is 2.52. The van der Waals surface area contributed by atoms with Gasteiger partial charge in [-0.2, -0.15) is 0 Å². The van der Waals surface area contributed by atoms with E-state index in [0.29, 0.717) is 31.4 Å². The number of benzene rings is 1. The molecule has 0 aliphatic carbocycles. The summed E-state index contributed by atoms with van der Waals surface area (Å²) in [6, 6.07) is 5.21. The van der Waals surface area contributed by atoms with Crippen molar-refractivity contribution in [1.82, 2.24) is 9.97 Å². The molecule has 0 fully saturated rings. The SMILES string of the molecule is COCc1nc(-c2ccc(OC)c(Cl)c2)[nH]c(=O)c1I. The second kappa shape index (κ2) is 6.55. The molecule has 0 aliphatic heterocycles. The Hall–Kier alpha value is -1.12. The van der Waals surface area contributed by atoms with Crippen molar-refractivity contribution in [2.45, 2.75) is 6.61 Å². The summed E-state index contributed by atoms with van der Waals surface area (Å²) in [4.78, 5) is 19.0. The Labute approximate surface area is 134 Å². The minimum Gasteiger partial charge on any atom is -0.495 e. The van der Waals surface area contributed by atoms with E-state index in [9.17, 15) is 4.79 Å². The molecule has 0 aliphatic rings. The third-order valence-corrected chi connectivity index (χ3v) is 4.05. The molecular formula is C13H12ClIN2O3. The van der Waals surface area contributed by atoms with Crippen LogP contribution < -0.4 is 10.3 Å². The molecule has 1 aromatic heterocycles. The van der Waals surface area contributed by atoms with Crippen LogP contribution in [0.2, 0.25) is 5.02 Å². The average Bonchev–Trinajstić information content (AvgIpc) is 2.43. The van der Waals surface area contributed by atoms with Crippen LogP contribution in [-0.4, -0.2) is 24.2 Å². The van der Waals surface area contributed by atoms with E-state index in [1.807, 2.05) is 22.6 Å². The van der Waals surface area contributed by atoms with Crippen LogP contribution in [0.15, 0.2) is 23.0 Å². The number of aromatic nitrogens is 2. The monoisotopic (exact) mass is 406 g/mol. The summed E-state index contributed by atoms with van der Waals surface area (Å²) < 4.78 is 10.7. The summed E-state index contributed by atoms with van der Waals surface area (Å²) >= 11 is 8.03. The molecule has 1 aromatic carbocycles. The molecule has 7 heteroatoms. The molecule has 5 nitrogen and oxygen atoms in total. The van der Waals surface area contributed by atoms with Gasteiger partial charge in [-0.3, -0.25) is 4.79 Å².